The summed E-state index contributed by atoms with van der Waals surface area (Å²) in [4.78, 5) is 1.03. The lowest BCUT2D eigenvalue weighted by Gasteiger charge is -2.22. The molecule has 0 saturated carbocycles. The first-order valence-electron chi connectivity index (χ1n) is 6.08. The second-order valence-corrected chi connectivity index (χ2v) is 7.66. The van der Waals surface area contributed by atoms with Crippen LogP contribution in [0.3, 0.4) is 0 Å². The maximum atomic E-state index is 12.5. The number of hydrogen-bond donors (Lipinski definition) is 2. The van der Waals surface area contributed by atoms with Crippen LogP contribution < -0.4 is 5.73 Å². The zero-order valence-corrected chi connectivity index (χ0v) is 12.2. The molecule has 1 aliphatic heterocycles. The van der Waals surface area contributed by atoms with Crippen LogP contribution in [-0.2, 0) is 16.4 Å². The molecule has 0 radical (unpaired) electrons. The number of oxime groups is 1. The van der Waals surface area contributed by atoms with Gasteiger partial charge in [-0.3, -0.25) is 0 Å². The van der Waals surface area contributed by atoms with Crippen LogP contribution in [0.1, 0.15) is 24.6 Å². The van der Waals surface area contributed by atoms with Gasteiger partial charge in [0.25, 0.3) is 10.0 Å². The fourth-order valence-corrected chi connectivity index (χ4v) is 5.29. The van der Waals surface area contributed by atoms with Crippen LogP contribution in [0.15, 0.2) is 21.5 Å². The van der Waals surface area contributed by atoms with E-state index in [9.17, 15) is 8.42 Å². The highest BCUT2D eigenvalue weighted by molar-refractivity contribution is 7.91. The van der Waals surface area contributed by atoms with Gasteiger partial charge < -0.3 is 10.9 Å². The lowest BCUT2D eigenvalue weighted by atomic mass is 10.2. The van der Waals surface area contributed by atoms with Gasteiger partial charge in [-0.2, -0.15) is 4.31 Å². The lowest BCUT2D eigenvalue weighted by molar-refractivity contribution is 0.311. The minimum absolute atomic E-state index is 0.0478. The Hall–Kier alpha value is -1.12. The van der Waals surface area contributed by atoms with Gasteiger partial charge in [0.15, 0.2) is 5.84 Å². The number of amidine groups is 1. The first kappa shape index (κ1) is 14.3. The van der Waals surface area contributed by atoms with Crippen LogP contribution in [0.4, 0.5) is 0 Å². The van der Waals surface area contributed by atoms with Gasteiger partial charge in [0.1, 0.15) is 4.21 Å². The number of nitrogens with zero attached hydrogens (tertiary/aromatic N) is 2. The largest absolute Gasteiger partial charge is 0.409 e. The Kier molecular flexibility index (Phi) is 4.12. The van der Waals surface area contributed by atoms with Crippen molar-refractivity contribution in [2.24, 2.45) is 10.9 Å². The van der Waals surface area contributed by atoms with Crippen LogP contribution in [0.2, 0.25) is 0 Å². The average Bonchev–Trinajstić information content (AvgIpc) is 3.06. The summed E-state index contributed by atoms with van der Waals surface area (Å²) in [7, 11) is -3.55. The van der Waals surface area contributed by atoms with Gasteiger partial charge in [0.2, 0.25) is 0 Å². The van der Waals surface area contributed by atoms with Gasteiger partial charge in [-0.15, -0.1) is 11.3 Å². The Morgan fingerprint density at radius 2 is 2.37 bits per heavy atom. The highest BCUT2D eigenvalue weighted by Crippen LogP contribution is 2.30. The lowest BCUT2D eigenvalue weighted by Crippen LogP contribution is -2.43. The average molecular weight is 303 g/mol. The molecule has 2 rings (SSSR count). The van der Waals surface area contributed by atoms with Crippen molar-refractivity contribution in [1.29, 1.82) is 0 Å². The number of aryl methyl sites for hydroxylation is 1. The summed E-state index contributed by atoms with van der Waals surface area (Å²) < 4.78 is 26.7. The van der Waals surface area contributed by atoms with Crippen molar-refractivity contribution in [3.63, 3.8) is 0 Å². The summed E-state index contributed by atoms with van der Waals surface area (Å²) in [6.45, 7) is 2.39. The predicted molar refractivity (Wildman–Crippen MR) is 74.0 cm³/mol. The van der Waals surface area contributed by atoms with E-state index in [0.717, 1.165) is 11.3 Å². The zero-order chi connectivity index (χ0) is 14.0. The second-order valence-electron chi connectivity index (χ2n) is 4.37. The van der Waals surface area contributed by atoms with Crippen molar-refractivity contribution in [3.8, 4) is 0 Å². The molecule has 0 spiro atoms. The minimum atomic E-state index is -3.55. The maximum absolute atomic E-state index is 12.5. The van der Waals surface area contributed by atoms with Gasteiger partial charge in [-0.05, 0) is 31.4 Å². The van der Waals surface area contributed by atoms with Crippen LogP contribution in [0, 0.1) is 0 Å². The molecule has 0 aliphatic carbocycles. The van der Waals surface area contributed by atoms with E-state index in [1.54, 1.807) is 6.07 Å². The van der Waals surface area contributed by atoms with E-state index in [2.05, 4.69) is 5.16 Å². The molecule has 3 N–H and O–H groups in total. The van der Waals surface area contributed by atoms with Crippen molar-refractivity contribution in [1.82, 2.24) is 4.31 Å². The van der Waals surface area contributed by atoms with E-state index < -0.39 is 16.1 Å². The van der Waals surface area contributed by atoms with Gasteiger partial charge >= 0.3 is 0 Å². The highest BCUT2D eigenvalue weighted by Gasteiger charge is 2.38. The summed E-state index contributed by atoms with van der Waals surface area (Å²) in [5.74, 6) is -0.0478. The molecule has 8 heteroatoms. The Balaban J connectivity index is 2.33. The second kappa shape index (κ2) is 5.48. The fourth-order valence-electron chi connectivity index (χ4n) is 2.19. The van der Waals surface area contributed by atoms with Crippen molar-refractivity contribution in [2.45, 2.75) is 36.4 Å². The Morgan fingerprint density at radius 1 is 1.63 bits per heavy atom. The van der Waals surface area contributed by atoms with E-state index in [-0.39, 0.29) is 5.84 Å². The fraction of sp³-hybridized carbons (Fsp3) is 0.545. The molecular weight excluding hydrogens is 286 g/mol. The van der Waals surface area contributed by atoms with E-state index in [1.165, 1.54) is 15.6 Å². The van der Waals surface area contributed by atoms with E-state index in [1.807, 2.05) is 13.0 Å². The zero-order valence-electron chi connectivity index (χ0n) is 10.6. The van der Waals surface area contributed by atoms with Gasteiger partial charge in [-0.1, -0.05) is 12.1 Å². The number of rotatable bonds is 4. The monoisotopic (exact) mass is 303 g/mol. The topological polar surface area (TPSA) is 96.0 Å². The molecule has 6 nitrogen and oxygen atoms in total. The minimum Gasteiger partial charge on any atom is -0.409 e. The SMILES string of the molecule is CCc1ccc(S(=O)(=O)N2CCCC2C(N)=NO)s1. The third-order valence-electron chi connectivity index (χ3n) is 3.21. The highest BCUT2D eigenvalue weighted by atomic mass is 32.2. The molecule has 2 heterocycles. The third kappa shape index (κ3) is 2.60. The third-order valence-corrected chi connectivity index (χ3v) is 6.81. The molecule has 1 unspecified atom stereocenters. The van der Waals surface area contributed by atoms with E-state index in [4.69, 9.17) is 10.9 Å². The summed E-state index contributed by atoms with van der Waals surface area (Å²) in [6.07, 6.45) is 2.11. The molecule has 1 atom stereocenters. The molecule has 1 aliphatic rings. The standard InChI is InChI=1S/C11H17N3O3S2/c1-2-8-5-6-10(18-8)19(16,17)14-7-3-4-9(14)11(12)13-15/h5-6,9,15H,2-4,7H2,1H3,(H2,12,13). The Bertz CT molecular complexity index is 580. The first-order chi connectivity index (χ1) is 9.00. The van der Waals surface area contributed by atoms with Crippen LogP contribution in [-0.4, -0.2) is 36.4 Å². The van der Waals surface area contributed by atoms with Gasteiger partial charge in [0, 0.05) is 11.4 Å². The molecule has 1 saturated heterocycles. The van der Waals surface area contributed by atoms with Crippen LogP contribution in [0.25, 0.3) is 0 Å². The molecule has 0 amide bonds. The number of hydrogen-bond acceptors (Lipinski definition) is 5. The van der Waals surface area contributed by atoms with Crippen molar-refractivity contribution in [2.75, 3.05) is 6.54 Å². The molecule has 1 aromatic rings. The molecule has 0 bridgehead atoms. The number of nitrogens with two attached hydrogens (primary N) is 1. The Morgan fingerprint density at radius 3 is 2.95 bits per heavy atom. The van der Waals surface area contributed by atoms with Crippen molar-refractivity contribution < 1.29 is 13.6 Å². The molecule has 0 aromatic carbocycles. The predicted octanol–water partition coefficient (Wildman–Crippen LogP) is 1.21. The number of sulfonamides is 1. The summed E-state index contributed by atoms with van der Waals surface area (Å²) in [5, 5.41) is 11.7. The molecule has 1 aromatic heterocycles. The normalized spacial score (nSPS) is 21.9. The van der Waals surface area contributed by atoms with Gasteiger partial charge in [0.05, 0.1) is 6.04 Å². The van der Waals surface area contributed by atoms with Crippen LogP contribution >= 0.6 is 11.3 Å². The summed E-state index contributed by atoms with van der Waals surface area (Å²) in [5.41, 5.74) is 5.57. The van der Waals surface area contributed by atoms with E-state index >= 15 is 0 Å². The van der Waals surface area contributed by atoms with E-state index in [0.29, 0.717) is 23.6 Å². The maximum Gasteiger partial charge on any atom is 0.253 e. The summed E-state index contributed by atoms with van der Waals surface area (Å²) in [6, 6.07) is 2.91. The smallest absolute Gasteiger partial charge is 0.253 e. The molecule has 1 fully saturated rings. The van der Waals surface area contributed by atoms with Crippen LogP contribution in [0.5, 0.6) is 0 Å². The first-order valence-corrected chi connectivity index (χ1v) is 8.34. The molecular formula is C11H17N3O3S2. The van der Waals surface area contributed by atoms with Crippen molar-refractivity contribution in [3.05, 3.63) is 17.0 Å². The molecule has 19 heavy (non-hydrogen) atoms. The summed E-state index contributed by atoms with van der Waals surface area (Å²) >= 11 is 1.28. The van der Waals surface area contributed by atoms with Gasteiger partial charge in [-0.25, -0.2) is 8.42 Å². The number of thiophene rings is 1. The Labute approximate surface area is 116 Å². The quantitative estimate of drug-likeness (QED) is 0.378. The molecule has 106 valence electrons. The van der Waals surface area contributed by atoms with Crippen molar-refractivity contribution >= 4 is 27.2 Å².